The first kappa shape index (κ1) is 29.1. The number of rotatable bonds is 9. The van der Waals surface area contributed by atoms with Gasteiger partial charge in [-0.05, 0) is 79.8 Å². The molecular weight excluding hydrogens is 565 g/mol. The molecule has 3 aromatic carbocycles. The Morgan fingerprint density at radius 3 is 2.56 bits per heavy atom. The highest BCUT2D eigenvalue weighted by molar-refractivity contribution is 7.92. The van der Waals surface area contributed by atoms with Gasteiger partial charge in [0.2, 0.25) is 0 Å². The molecule has 0 unspecified atom stereocenters. The number of anilines is 1. The largest absolute Gasteiger partial charge is 0.486 e. The smallest absolute Gasteiger partial charge is 0.264 e. The summed E-state index contributed by atoms with van der Waals surface area (Å²) in [5, 5.41) is 0.274. The average Bonchev–Trinajstić information content (AvgIpc) is 2.85. The van der Waals surface area contributed by atoms with Gasteiger partial charge in [0.25, 0.3) is 20.1 Å². The quantitative estimate of drug-likeness (QED) is 0.170. The van der Waals surface area contributed by atoms with Crippen LogP contribution in [0.5, 0.6) is 5.75 Å². The monoisotopic (exact) mass is 593 g/mol. The van der Waals surface area contributed by atoms with Crippen molar-refractivity contribution in [2.24, 2.45) is 0 Å². The topological polar surface area (TPSA) is 90.0 Å². The Morgan fingerprint density at radius 1 is 1.13 bits per heavy atom. The van der Waals surface area contributed by atoms with Gasteiger partial charge in [-0.25, -0.2) is 12.8 Å². The van der Waals surface area contributed by atoms with Crippen molar-refractivity contribution >= 4 is 49.1 Å². The zero-order chi connectivity index (χ0) is 28.4. The number of aryl methyl sites for hydroxylation is 1. The van der Waals surface area contributed by atoms with Crippen LogP contribution in [0.25, 0.3) is 11.6 Å². The summed E-state index contributed by atoms with van der Waals surface area (Å²) in [5.41, 5.74) is 2.63. The van der Waals surface area contributed by atoms with Crippen molar-refractivity contribution in [1.82, 2.24) is 0 Å². The first-order valence-corrected chi connectivity index (χ1v) is 15.9. The summed E-state index contributed by atoms with van der Waals surface area (Å²) in [6.45, 7) is 3.54. The summed E-state index contributed by atoms with van der Waals surface area (Å²) in [6, 6.07) is 16.2. The Balaban J connectivity index is 1.71. The standard InChI is InChI=1S/C28H29ClFNO6S2/c1-19-7-4-9-23(15-19)39(34,35)31-18-22(8-6-14-36-38(3,32)33)37-27-13-12-21(17-26(27)31)16-20(2)28-24(29)10-5-11-25(28)30/h4-5,7,9-13,15-17,22H,6,8,14,18H2,1-3H3/b20-16+/t22-/m0/s1. The van der Waals surface area contributed by atoms with Gasteiger partial charge in [-0.3, -0.25) is 8.49 Å². The van der Waals surface area contributed by atoms with Gasteiger partial charge in [0.1, 0.15) is 17.7 Å². The molecule has 0 aromatic heterocycles. The highest BCUT2D eigenvalue weighted by Gasteiger charge is 2.34. The molecule has 3 aromatic rings. The molecule has 0 spiro atoms. The molecule has 0 fully saturated rings. The van der Waals surface area contributed by atoms with Crippen LogP contribution >= 0.6 is 11.6 Å². The molecule has 4 rings (SSSR count). The van der Waals surface area contributed by atoms with Gasteiger partial charge in [-0.1, -0.05) is 41.9 Å². The number of benzene rings is 3. The Labute approximate surface area is 234 Å². The van der Waals surface area contributed by atoms with Crippen LogP contribution in [0.3, 0.4) is 0 Å². The molecule has 0 saturated carbocycles. The molecule has 1 aliphatic rings. The first-order chi connectivity index (χ1) is 18.3. The molecule has 0 amide bonds. The molecular formula is C28H29ClFNO6S2. The molecule has 1 atom stereocenters. The Hall–Kier alpha value is -2.92. The van der Waals surface area contributed by atoms with Crippen LogP contribution in [-0.4, -0.2) is 42.3 Å². The summed E-state index contributed by atoms with van der Waals surface area (Å²) in [5.74, 6) is -0.0888. The van der Waals surface area contributed by atoms with E-state index in [0.717, 1.165) is 11.8 Å². The van der Waals surface area contributed by atoms with E-state index in [1.54, 1.807) is 55.5 Å². The zero-order valence-corrected chi connectivity index (χ0v) is 24.1. The SMILES string of the molecule is C/C(=C\c1ccc2c(c1)N(S(=O)(=O)c1cccc(C)c1)C[C@H](CCCOS(C)(=O)=O)O2)c1c(F)cccc1Cl. The summed E-state index contributed by atoms with van der Waals surface area (Å²) in [4.78, 5) is 0.143. The Bertz CT molecular complexity index is 1600. The second kappa shape index (κ2) is 11.7. The van der Waals surface area contributed by atoms with Crippen molar-refractivity contribution in [3.63, 3.8) is 0 Å². The average molecular weight is 594 g/mol. The maximum atomic E-state index is 14.5. The van der Waals surface area contributed by atoms with Crippen LogP contribution in [0.2, 0.25) is 5.02 Å². The molecule has 208 valence electrons. The van der Waals surface area contributed by atoms with Gasteiger partial charge in [0.15, 0.2) is 0 Å². The lowest BCUT2D eigenvalue weighted by Crippen LogP contribution is -2.43. The van der Waals surface area contributed by atoms with Gasteiger partial charge in [0, 0.05) is 5.56 Å². The van der Waals surface area contributed by atoms with Crippen molar-refractivity contribution in [2.75, 3.05) is 23.7 Å². The van der Waals surface area contributed by atoms with Crippen LogP contribution in [0.1, 0.15) is 36.5 Å². The Kier molecular flexibility index (Phi) is 8.70. The van der Waals surface area contributed by atoms with Crippen molar-refractivity contribution in [1.29, 1.82) is 0 Å². The number of allylic oxidation sites excluding steroid dienone is 1. The summed E-state index contributed by atoms with van der Waals surface area (Å²) in [7, 11) is -7.55. The minimum Gasteiger partial charge on any atom is -0.486 e. The fourth-order valence-corrected chi connectivity index (χ4v) is 6.75. The normalized spacial score (nSPS) is 16.1. The summed E-state index contributed by atoms with van der Waals surface area (Å²) < 4.78 is 76.9. The predicted octanol–water partition coefficient (Wildman–Crippen LogP) is 6.06. The molecule has 0 radical (unpaired) electrons. The molecule has 1 heterocycles. The number of hydrogen-bond donors (Lipinski definition) is 0. The molecule has 11 heteroatoms. The van der Waals surface area contributed by atoms with Gasteiger partial charge in [-0.2, -0.15) is 8.42 Å². The van der Waals surface area contributed by atoms with Gasteiger partial charge in [-0.15, -0.1) is 0 Å². The summed E-state index contributed by atoms with van der Waals surface area (Å²) in [6.07, 6.45) is 2.91. The maximum Gasteiger partial charge on any atom is 0.264 e. The predicted molar refractivity (Wildman–Crippen MR) is 152 cm³/mol. The molecule has 0 N–H and O–H groups in total. The van der Waals surface area contributed by atoms with E-state index >= 15 is 0 Å². The van der Waals surface area contributed by atoms with Crippen molar-refractivity contribution in [2.45, 2.75) is 37.7 Å². The molecule has 0 bridgehead atoms. The van der Waals surface area contributed by atoms with Crippen molar-refractivity contribution in [3.8, 4) is 5.75 Å². The second-order valence-corrected chi connectivity index (χ2v) is 13.3. The highest BCUT2D eigenvalue weighted by atomic mass is 35.5. The summed E-state index contributed by atoms with van der Waals surface area (Å²) >= 11 is 6.23. The third kappa shape index (κ3) is 7.00. The van der Waals surface area contributed by atoms with Crippen LogP contribution < -0.4 is 9.04 Å². The fourth-order valence-electron chi connectivity index (χ4n) is 4.42. The number of hydrogen-bond acceptors (Lipinski definition) is 6. The highest BCUT2D eigenvalue weighted by Crippen LogP contribution is 2.39. The number of nitrogens with zero attached hydrogens (tertiary/aromatic N) is 1. The number of fused-ring (bicyclic) bond motifs is 1. The lowest BCUT2D eigenvalue weighted by Gasteiger charge is -2.36. The lowest BCUT2D eigenvalue weighted by atomic mass is 10.0. The first-order valence-electron chi connectivity index (χ1n) is 12.2. The molecule has 0 aliphatic carbocycles. The molecule has 1 aliphatic heterocycles. The Morgan fingerprint density at radius 2 is 1.87 bits per heavy atom. The van der Waals surface area contributed by atoms with E-state index in [1.165, 1.54) is 16.4 Å². The molecule has 7 nitrogen and oxygen atoms in total. The van der Waals surface area contributed by atoms with Crippen molar-refractivity contribution in [3.05, 3.63) is 88.2 Å². The van der Waals surface area contributed by atoms with Crippen LogP contribution in [0, 0.1) is 12.7 Å². The second-order valence-electron chi connectivity index (χ2n) is 9.41. The third-order valence-electron chi connectivity index (χ3n) is 6.20. The van der Waals surface area contributed by atoms with E-state index < -0.39 is 32.1 Å². The van der Waals surface area contributed by atoms with E-state index in [-0.39, 0.29) is 28.6 Å². The number of ether oxygens (including phenoxy) is 1. The van der Waals surface area contributed by atoms with E-state index in [4.69, 9.17) is 20.5 Å². The van der Waals surface area contributed by atoms with E-state index in [1.807, 2.05) is 13.0 Å². The maximum absolute atomic E-state index is 14.5. The van der Waals surface area contributed by atoms with Crippen LogP contribution in [0.4, 0.5) is 10.1 Å². The van der Waals surface area contributed by atoms with Crippen LogP contribution in [0.15, 0.2) is 65.6 Å². The molecule has 0 saturated heterocycles. The van der Waals surface area contributed by atoms with E-state index in [2.05, 4.69) is 0 Å². The lowest BCUT2D eigenvalue weighted by molar-refractivity contribution is 0.176. The van der Waals surface area contributed by atoms with Gasteiger partial charge >= 0.3 is 0 Å². The van der Waals surface area contributed by atoms with Gasteiger partial charge in [0.05, 0.1) is 35.0 Å². The van der Waals surface area contributed by atoms with E-state index in [9.17, 15) is 21.2 Å². The number of sulfonamides is 1. The van der Waals surface area contributed by atoms with Crippen LogP contribution in [-0.2, 0) is 24.3 Å². The third-order valence-corrected chi connectivity index (χ3v) is 8.89. The fraction of sp³-hybridized carbons (Fsp3) is 0.286. The van der Waals surface area contributed by atoms with Crippen molar-refractivity contribution < 1.29 is 30.1 Å². The van der Waals surface area contributed by atoms with E-state index in [0.29, 0.717) is 35.4 Å². The minimum absolute atomic E-state index is 0.0213. The van der Waals surface area contributed by atoms with Gasteiger partial charge < -0.3 is 4.74 Å². The number of halogens is 2. The minimum atomic E-state index is -3.97. The molecule has 39 heavy (non-hydrogen) atoms. The zero-order valence-electron chi connectivity index (χ0n) is 21.7.